The maximum atomic E-state index is 11.6. The van der Waals surface area contributed by atoms with Crippen molar-refractivity contribution in [3.05, 3.63) is 0 Å². The molecule has 0 bridgehead atoms. The molecule has 1 heterocycles. The van der Waals surface area contributed by atoms with E-state index >= 15 is 0 Å². The Morgan fingerprint density at radius 3 is 2.62 bits per heavy atom. The summed E-state index contributed by atoms with van der Waals surface area (Å²) >= 11 is 1.77. The number of carbonyl (C=O) groups excluding carboxylic acids is 1. The van der Waals surface area contributed by atoms with Gasteiger partial charge in [0.05, 0.1) is 6.04 Å². The van der Waals surface area contributed by atoms with Gasteiger partial charge < -0.3 is 10.2 Å². The Hall–Kier alpha value is 0.320. The lowest BCUT2D eigenvalue weighted by Gasteiger charge is -2.21. The van der Waals surface area contributed by atoms with Crippen LogP contribution in [0.3, 0.4) is 0 Å². The van der Waals surface area contributed by atoms with Gasteiger partial charge in [-0.15, -0.1) is 36.6 Å². The molecule has 0 aromatic heterocycles. The molecule has 2 atom stereocenters. The van der Waals surface area contributed by atoms with Crippen molar-refractivity contribution in [3.63, 3.8) is 0 Å². The molecule has 0 spiro atoms. The summed E-state index contributed by atoms with van der Waals surface area (Å²) in [5.41, 5.74) is 0. The average Bonchev–Trinajstić information content (AvgIpc) is 2.66. The lowest BCUT2D eigenvalue weighted by atomic mass is 10.2. The zero-order chi connectivity index (χ0) is 10.6. The number of carbonyl (C=O) groups is 1. The molecule has 0 radical (unpaired) electrons. The summed E-state index contributed by atoms with van der Waals surface area (Å²) in [6.07, 6.45) is 0. The Labute approximate surface area is 114 Å². The highest BCUT2D eigenvalue weighted by Gasteiger charge is 2.22. The van der Waals surface area contributed by atoms with Gasteiger partial charge in [0, 0.05) is 24.2 Å². The second kappa shape index (κ2) is 9.36. The zero-order valence-corrected chi connectivity index (χ0v) is 12.3. The quantitative estimate of drug-likeness (QED) is 0.794. The van der Waals surface area contributed by atoms with Crippen LogP contribution >= 0.6 is 36.6 Å². The summed E-state index contributed by atoms with van der Waals surface area (Å²) in [4.78, 5) is 13.7. The highest BCUT2D eigenvalue weighted by molar-refractivity contribution is 7.99. The number of likely N-dealkylation sites (N-methyl/N-ethyl adjacent to an activating group) is 1. The van der Waals surface area contributed by atoms with Gasteiger partial charge in [-0.2, -0.15) is 0 Å². The van der Waals surface area contributed by atoms with Crippen LogP contribution in [0.5, 0.6) is 0 Å². The zero-order valence-electron chi connectivity index (χ0n) is 9.86. The molecule has 0 aromatic carbocycles. The fourth-order valence-electron chi connectivity index (χ4n) is 1.12. The summed E-state index contributed by atoms with van der Waals surface area (Å²) in [5.74, 6) is 1.91. The second-order valence-electron chi connectivity index (χ2n) is 3.83. The van der Waals surface area contributed by atoms with Gasteiger partial charge in [-0.25, -0.2) is 0 Å². The molecule has 0 aromatic rings. The second-order valence-corrected chi connectivity index (χ2v) is 4.86. The topological polar surface area (TPSA) is 44.4 Å². The summed E-state index contributed by atoms with van der Waals surface area (Å²) < 4.78 is 0. The molecule has 1 fully saturated rings. The molecule has 1 amide bonds. The fraction of sp³-hybridized carbons (Fsp3) is 0.889. The van der Waals surface area contributed by atoms with E-state index in [1.807, 2.05) is 14.1 Å². The monoisotopic (exact) mass is 289 g/mol. The predicted molar refractivity (Wildman–Crippen MR) is 74.9 cm³/mol. The van der Waals surface area contributed by atoms with Gasteiger partial charge in [0.1, 0.15) is 0 Å². The number of halogens is 2. The Morgan fingerprint density at radius 1 is 1.56 bits per heavy atom. The number of nitrogens with one attached hydrogen (secondary N) is 2. The van der Waals surface area contributed by atoms with Crippen LogP contribution in [-0.4, -0.2) is 55.2 Å². The van der Waals surface area contributed by atoms with E-state index in [9.17, 15) is 4.79 Å². The number of thioether (sulfide) groups is 1. The average molecular weight is 290 g/mol. The van der Waals surface area contributed by atoms with Crippen molar-refractivity contribution in [3.8, 4) is 0 Å². The molecule has 2 N–H and O–H groups in total. The van der Waals surface area contributed by atoms with Crippen LogP contribution in [0.1, 0.15) is 6.92 Å². The molecule has 4 nitrogen and oxygen atoms in total. The van der Waals surface area contributed by atoms with Crippen LogP contribution in [-0.2, 0) is 4.79 Å². The summed E-state index contributed by atoms with van der Waals surface area (Å²) in [7, 11) is 4.03. The van der Waals surface area contributed by atoms with Crippen LogP contribution in [0.4, 0.5) is 0 Å². The molecule has 1 unspecified atom stereocenters. The fourth-order valence-corrected chi connectivity index (χ4v) is 2.06. The summed E-state index contributed by atoms with van der Waals surface area (Å²) in [6.45, 7) is 2.81. The predicted octanol–water partition coefficient (Wildman–Crippen LogP) is 0.559. The van der Waals surface area contributed by atoms with Crippen molar-refractivity contribution < 1.29 is 4.79 Å². The third-order valence-electron chi connectivity index (χ3n) is 2.49. The van der Waals surface area contributed by atoms with Gasteiger partial charge in [-0.3, -0.25) is 10.1 Å². The van der Waals surface area contributed by atoms with E-state index in [1.165, 1.54) is 0 Å². The molecule has 0 aliphatic carbocycles. The molecular weight excluding hydrogens is 269 g/mol. The molecule has 1 aliphatic heterocycles. The molecular formula is C9H21Cl2N3OS. The van der Waals surface area contributed by atoms with Crippen molar-refractivity contribution in [1.82, 2.24) is 15.5 Å². The van der Waals surface area contributed by atoms with Crippen molar-refractivity contribution >= 4 is 42.5 Å². The van der Waals surface area contributed by atoms with Crippen molar-refractivity contribution in [2.75, 3.05) is 32.3 Å². The maximum Gasteiger partial charge on any atom is 0.238 e. The van der Waals surface area contributed by atoms with Crippen LogP contribution < -0.4 is 10.6 Å². The van der Waals surface area contributed by atoms with E-state index < -0.39 is 0 Å². The van der Waals surface area contributed by atoms with E-state index in [2.05, 4.69) is 22.5 Å². The Balaban J connectivity index is 0. The van der Waals surface area contributed by atoms with E-state index in [1.54, 1.807) is 11.8 Å². The van der Waals surface area contributed by atoms with E-state index in [0.29, 0.717) is 12.6 Å². The van der Waals surface area contributed by atoms with Gasteiger partial charge in [0.15, 0.2) is 0 Å². The molecule has 7 heteroatoms. The van der Waals surface area contributed by atoms with Gasteiger partial charge in [0.25, 0.3) is 0 Å². The van der Waals surface area contributed by atoms with Crippen molar-refractivity contribution in [2.24, 2.45) is 0 Å². The van der Waals surface area contributed by atoms with Crippen LogP contribution in [0, 0.1) is 0 Å². The maximum absolute atomic E-state index is 11.6. The smallest absolute Gasteiger partial charge is 0.238 e. The minimum absolute atomic E-state index is 0. The van der Waals surface area contributed by atoms with E-state index in [4.69, 9.17) is 0 Å². The molecule has 16 heavy (non-hydrogen) atoms. The minimum Gasteiger partial charge on any atom is -0.353 e. The first-order chi connectivity index (χ1) is 6.61. The van der Waals surface area contributed by atoms with Gasteiger partial charge in [-0.05, 0) is 21.0 Å². The van der Waals surface area contributed by atoms with Crippen LogP contribution in [0.25, 0.3) is 0 Å². The molecule has 98 valence electrons. The number of nitrogens with zero attached hydrogens (tertiary/aromatic N) is 1. The van der Waals surface area contributed by atoms with Crippen LogP contribution in [0.2, 0.25) is 0 Å². The molecule has 1 aliphatic rings. The Bertz CT molecular complexity index is 201. The highest BCUT2D eigenvalue weighted by Crippen LogP contribution is 2.09. The van der Waals surface area contributed by atoms with Gasteiger partial charge in [-0.1, -0.05) is 0 Å². The highest BCUT2D eigenvalue weighted by atomic mass is 35.5. The SMILES string of the molecule is CC(CNC(=O)[C@H]1CSCN1)N(C)C.Cl.Cl. The first-order valence-corrected chi connectivity index (χ1v) is 6.02. The van der Waals surface area contributed by atoms with Gasteiger partial charge in [0.2, 0.25) is 5.91 Å². The lowest BCUT2D eigenvalue weighted by molar-refractivity contribution is -0.122. The van der Waals surface area contributed by atoms with Crippen molar-refractivity contribution in [2.45, 2.75) is 19.0 Å². The normalized spacial score (nSPS) is 20.9. The number of rotatable bonds is 4. The minimum atomic E-state index is 0. The first kappa shape index (κ1) is 18.7. The third kappa shape index (κ3) is 6.15. The summed E-state index contributed by atoms with van der Waals surface area (Å²) in [6, 6.07) is 0.391. The Kier molecular flexibility index (Phi) is 10.9. The van der Waals surface area contributed by atoms with E-state index in [-0.39, 0.29) is 36.8 Å². The van der Waals surface area contributed by atoms with Gasteiger partial charge >= 0.3 is 0 Å². The first-order valence-electron chi connectivity index (χ1n) is 4.86. The number of hydrogen-bond acceptors (Lipinski definition) is 4. The van der Waals surface area contributed by atoms with Crippen LogP contribution in [0.15, 0.2) is 0 Å². The van der Waals surface area contributed by atoms with E-state index in [0.717, 1.165) is 11.6 Å². The molecule has 1 saturated heterocycles. The molecule has 0 saturated carbocycles. The third-order valence-corrected chi connectivity index (χ3v) is 3.43. The standard InChI is InChI=1S/C9H19N3OS.2ClH/c1-7(12(2)3)4-10-9(13)8-5-14-6-11-8;;/h7-8,11H,4-6H2,1-3H3,(H,10,13);2*1H/t7?,8-;;/m1../s1. The lowest BCUT2D eigenvalue weighted by Crippen LogP contribution is -2.46. The molecule has 1 rings (SSSR count). The number of amides is 1. The largest absolute Gasteiger partial charge is 0.353 e. The Morgan fingerprint density at radius 2 is 2.19 bits per heavy atom. The van der Waals surface area contributed by atoms with Crippen molar-refractivity contribution in [1.29, 1.82) is 0 Å². The summed E-state index contributed by atoms with van der Waals surface area (Å²) in [5, 5.41) is 6.10. The number of hydrogen-bond donors (Lipinski definition) is 2.